The van der Waals surface area contributed by atoms with Gasteiger partial charge in [0, 0.05) is 30.8 Å². The molecule has 6 aliphatic rings. The number of rotatable bonds is 31. The van der Waals surface area contributed by atoms with Crippen LogP contribution in [0.15, 0.2) is 0 Å². The first-order chi connectivity index (χ1) is 40.4. The Bertz CT molecular complexity index is 3080. The van der Waals surface area contributed by atoms with Gasteiger partial charge in [0.15, 0.2) is 37.6 Å². The van der Waals surface area contributed by atoms with E-state index in [2.05, 4.69) is 16.9 Å². The zero-order chi connectivity index (χ0) is 66.2. The van der Waals surface area contributed by atoms with Crippen molar-refractivity contribution < 1.29 is 188 Å². The summed E-state index contributed by atoms with van der Waals surface area (Å²) in [6.45, 7) is 5.22. The van der Waals surface area contributed by atoms with Crippen molar-refractivity contribution >= 4 is 80.2 Å². The second-order valence-electron chi connectivity index (χ2n) is 20.8. The van der Waals surface area contributed by atoms with E-state index < -0.39 is 258 Å². The maximum Gasteiger partial charge on any atom is 0.397 e. The van der Waals surface area contributed by atoms with Crippen molar-refractivity contribution in [1.82, 2.24) is 0 Å². The quantitative estimate of drug-likeness (QED) is 0.00836. The van der Waals surface area contributed by atoms with Gasteiger partial charge in [-0.3, -0.25) is 36.7 Å². The Balaban J connectivity index is 1.36. The molecule has 0 amide bonds. The second kappa shape index (κ2) is 29.5. The average Bonchev–Trinajstić information content (AvgIpc) is 1.58. The molecule has 27 atom stereocenters. The smallest absolute Gasteiger partial charge is 0.397 e. The number of hydrogen-bond donors (Lipinski definition) is 8. The van der Waals surface area contributed by atoms with E-state index in [1.54, 1.807) is 13.8 Å². The highest BCUT2D eigenvalue weighted by atomic mass is 32.3. The molecule has 0 aromatic rings. The molecule has 5 saturated heterocycles. The summed E-state index contributed by atoms with van der Waals surface area (Å²) in [4.78, 5) is 16.9. The number of ether oxygens (including phenoxy) is 12. The van der Waals surface area contributed by atoms with Crippen LogP contribution in [0.25, 0.3) is 0 Å². The molecule has 88 heavy (non-hydrogen) atoms. The minimum atomic E-state index is -5.90. The van der Waals surface area contributed by atoms with E-state index in [0.717, 1.165) is 6.92 Å². The summed E-state index contributed by atoms with van der Waals surface area (Å²) in [5.41, 5.74) is -2.06. The van der Waals surface area contributed by atoms with Gasteiger partial charge in [0.1, 0.15) is 68.3 Å². The van der Waals surface area contributed by atoms with Gasteiger partial charge in [-0.2, -0.15) is 54.7 Å². The molecule has 42 nitrogen and oxygen atoms in total. The van der Waals surface area contributed by atoms with Gasteiger partial charge >= 0.3 is 73.8 Å². The van der Waals surface area contributed by atoms with Crippen molar-refractivity contribution in [2.75, 3.05) is 33.7 Å². The fourth-order valence-electron chi connectivity index (χ4n) is 11.3. The van der Waals surface area contributed by atoms with Gasteiger partial charge in [-0.25, -0.2) is 30.0 Å². The van der Waals surface area contributed by atoms with Crippen LogP contribution in [-0.2, 0) is 170 Å². The molecule has 0 aromatic heterocycles. The van der Waals surface area contributed by atoms with Gasteiger partial charge in [0.05, 0.1) is 36.9 Å². The number of aliphatic hydroxyl groups is 1. The van der Waals surface area contributed by atoms with Crippen molar-refractivity contribution in [2.24, 2.45) is 41.4 Å². The molecule has 0 spiro atoms. The fourth-order valence-corrected chi connectivity index (χ4v) is 14.1. The molecule has 15 unspecified atom stereocenters. The summed E-state index contributed by atoms with van der Waals surface area (Å²) in [5, 5.41) is 10.1. The molecule has 6 rings (SSSR count). The first-order valence-electron chi connectivity index (χ1n) is 25.4. The van der Waals surface area contributed by atoms with E-state index in [4.69, 9.17) is 74.3 Å². The Hall–Kier alpha value is -1.76. The minimum absolute atomic E-state index is 0.192. The molecule has 0 bridgehead atoms. The number of fused-ring (bicyclic) bond motifs is 1. The largest absolute Gasteiger partial charge is 0.437 e. The zero-order valence-corrected chi connectivity index (χ0v) is 52.4. The molecule has 516 valence electrons. The highest BCUT2D eigenvalue weighted by molar-refractivity contribution is 7.82. The third-order valence-electron chi connectivity index (χ3n) is 15.4. The van der Waals surface area contributed by atoms with Crippen molar-refractivity contribution in [2.45, 2.75) is 165 Å². The molecule has 1 aliphatic carbocycles. The van der Waals surface area contributed by atoms with Crippen LogP contribution in [-0.4, -0.2) is 248 Å². The molecule has 49 heteroatoms. The summed E-state index contributed by atoms with van der Waals surface area (Å²) in [7, 11) is -32.2. The van der Waals surface area contributed by atoms with Crippen LogP contribution in [0.2, 0.25) is 0 Å². The predicted molar refractivity (Wildman–Crippen MR) is 271 cm³/mol. The normalized spacial score (nSPS) is 41.6. The van der Waals surface area contributed by atoms with Gasteiger partial charge in [-0.05, 0) is 25.7 Å². The predicted octanol–water partition coefficient (Wildman–Crippen LogP) is -3.42. The molecular formula is C39H66O42S7. The van der Waals surface area contributed by atoms with Gasteiger partial charge in [-0.15, -0.1) is 4.33 Å². The SMILES string of the molecule is CO[C@@H]1C(COS(=O)(=O)O)O[C@H](O[C@@H]2C(OCO)O[C@H](O[C@H]3C(COOS(=O)O)O[C@@H](OC4(C)[C@@H]5C(OC=O)O[C@H](O[C@@H]6C(COS(=O)(=O)O)O[C@H](C)C(OS(=O)(=O)O)C6OS(=O)(=O)O)C(C)[C@H]54)C(OS(=O)(=O)O)[C@H]3OS(=O)(=O)O)C(C)C2C)C(C)C1C. The average molecular weight is 1430 g/mol. The molecule has 5 heterocycles. The Morgan fingerprint density at radius 3 is 1.38 bits per heavy atom. The maximum absolute atomic E-state index is 12.8. The lowest BCUT2D eigenvalue weighted by atomic mass is 9.83. The summed E-state index contributed by atoms with van der Waals surface area (Å²) in [6.07, 6.45) is -35.3. The molecule has 5 aliphatic heterocycles. The second-order valence-corrected chi connectivity index (χ2v) is 27.8. The van der Waals surface area contributed by atoms with Crippen LogP contribution < -0.4 is 0 Å². The first kappa shape index (κ1) is 75.3. The van der Waals surface area contributed by atoms with Crippen molar-refractivity contribution in [3.05, 3.63) is 0 Å². The number of hydrogen-bond acceptors (Lipinski definition) is 35. The lowest BCUT2D eigenvalue weighted by Crippen LogP contribution is -2.65. The summed E-state index contributed by atoms with van der Waals surface area (Å²) >= 11 is -3.24. The van der Waals surface area contributed by atoms with Gasteiger partial charge < -0.3 is 61.9 Å². The van der Waals surface area contributed by atoms with Crippen LogP contribution in [0.5, 0.6) is 0 Å². The van der Waals surface area contributed by atoms with E-state index >= 15 is 0 Å². The number of carbonyl (C=O) groups is 1. The van der Waals surface area contributed by atoms with E-state index in [-0.39, 0.29) is 6.47 Å². The van der Waals surface area contributed by atoms with Crippen LogP contribution >= 0.6 is 0 Å². The van der Waals surface area contributed by atoms with E-state index in [0.29, 0.717) is 0 Å². The van der Waals surface area contributed by atoms with Crippen molar-refractivity contribution in [3.8, 4) is 0 Å². The van der Waals surface area contributed by atoms with Crippen LogP contribution in [0, 0.1) is 41.4 Å². The van der Waals surface area contributed by atoms with E-state index in [1.165, 1.54) is 34.8 Å². The number of carbonyl (C=O) groups excluding carboxylic acids is 1. The highest BCUT2D eigenvalue weighted by Crippen LogP contribution is 2.64. The first-order valence-corrected chi connectivity index (χ1v) is 34.6. The molecular weight excluding hydrogens is 1360 g/mol. The summed E-state index contributed by atoms with van der Waals surface area (Å²) in [6, 6.07) is 0. The van der Waals surface area contributed by atoms with Gasteiger partial charge in [0.25, 0.3) is 6.47 Å². The van der Waals surface area contributed by atoms with E-state index in [9.17, 15) is 96.5 Å². The highest BCUT2D eigenvalue weighted by Gasteiger charge is 2.75. The Morgan fingerprint density at radius 2 is 0.898 bits per heavy atom. The lowest BCUT2D eigenvalue weighted by molar-refractivity contribution is -0.396. The Kier molecular flexibility index (Phi) is 25.2. The van der Waals surface area contributed by atoms with Crippen LogP contribution in [0.4, 0.5) is 0 Å². The zero-order valence-electron chi connectivity index (χ0n) is 46.7. The summed E-state index contributed by atoms with van der Waals surface area (Å²) in [5.74, 6) is -6.93. The lowest BCUT2D eigenvalue weighted by Gasteiger charge is -2.50. The Morgan fingerprint density at radius 1 is 0.477 bits per heavy atom. The molecule has 0 radical (unpaired) electrons. The number of methoxy groups -OCH3 is 1. The number of aliphatic hydroxyl groups excluding tert-OH is 1. The third kappa shape index (κ3) is 19.9. The summed E-state index contributed by atoms with van der Waals surface area (Å²) < 4.78 is 329. The molecule has 0 aromatic carbocycles. The Labute approximate surface area is 505 Å². The van der Waals surface area contributed by atoms with Gasteiger partial charge in [0.2, 0.25) is 6.29 Å². The minimum Gasteiger partial charge on any atom is -0.437 e. The van der Waals surface area contributed by atoms with Crippen molar-refractivity contribution in [3.63, 3.8) is 0 Å². The van der Waals surface area contributed by atoms with Crippen LogP contribution in [0.1, 0.15) is 48.5 Å². The molecule has 1 saturated carbocycles. The third-order valence-corrected chi connectivity index (χ3v) is 18.3. The van der Waals surface area contributed by atoms with Crippen LogP contribution in [0.3, 0.4) is 0 Å². The molecule has 8 N–H and O–H groups in total. The standard InChI is InChI=1S/C39H66O42S7/c1-14-16(3)33(69-21(25(14)62-8)10-66-83(44,45)46)71-26-15(2)17(4)34(75-37(26)64-13-41)72-28-20(9-65-81-82(42)43)70-38(32(80-88(59,60)61)31(28)79-87(56,57)58)76-39(7)23-18(5)35(74-36(24(23)39)63-12-40)73-29-22(11-67-84(47,48)49)68-19(6)27(77-85(50,51)52)30(29)78-86(53,54)55/h12,14-38,41H,9-11,13H2,1-8H3,(H,42,43)(H,44,45,46)(H,47,48,49)(H,50,51,52)(H,53,54,55)(H,56,57,58)(H,59,60,61)/t14?,15?,16?,17?,18?,19-,20?,21?,22?,23-,24+,25+,26+,27?,28+,29-,30?,31+,32?,33-,34+,35+,36?,37?,38+,39?/m1/s1. The fraction of sp³-hybridized carbons (Fsp3) is 0.974. The molecule has 6 fully saturated rings. The topological polar surface area (TPSA) is 585 Å². The van der Waals surface area contributed by atoms with Crippen molar-refractivity contribution in [1.29, 1.82) is 0 Å². The maximum atomic E-state index is 12.8. The monoisotopic (exact) mass is 1430 g/mol. The van der Waals surface area contributed by atoms with E-state index in [1.807, 2.05) is 0 Å². The van der Waals surface area contributed by atoms with Gasteiger partial charge in [-0.1, -0.05) is 34.6 Å².